The Morgan fingerprint density at radius 3 is 2.50 bits per heavy atom. The number of hydrogen-bond acceptors (Lipinski definition) is 4. The molecule has 0 saturated heterocycles. The third kappa shape index (κ3) is 4.10. The van der Waals surface area contributed by atoms with Crippen molar-refractivity contribution in [1.29, 1.82) is 0 Å². The number of aromatic carboxylic acids is 1. The summed E-state index contributed by atoms with van der Waals surface area (Å²) in [5, 5.41) is 23.9. The molecule has 0 bridgehead atoms. The van der Waals surface area contributed by atoms with Gasteiger partial charge in [-0.1, -0.05) is 42.5 Å². The number of carboxylic acid groups (broad SMARTS) is 1. The molecule has 3 aromatic rings. The van der Waals surface area contributed by atoms with Crippen LogP contribution in [0.25, 0.3) is 11.1 Å². The maximum Gasteiger partial charge on any atom is 0.339 e. The van der Waals surface area contributed by atoms with Crippen LogP contribution in [0.1, 0.15) is 22.3 Å². The van der Waals surface area contributed by atoms with Gasteiger partial charge in [0.15, 0.2) is 0 Å². The molecule has 3 rings (SSSR count). The number of anilines is 1. The Morgan fingerprint density at radius 1 is 1.04 bits per heavy atom. The molecule has 0 fully saturated rings. The largest absolute Gasteiger partial charge is 0.508 e. The molecular formula is C20H17NO4S. The highest BCUT2D eigenvalue weighted by molar-refractivity contribution is 7.15. The molecule has 0 aliphatic heterocycles. The number of aryl methyl sites for hydroxylation is 1. The first-order chi connectivity index (χ1) is 12.5. The second-order valence-electron chi connectivity index (χ2n) is 5.74. The molecule has 0 aliphatic rings. The van der Waals surface area contributed by atoms with E-state index < -0.39 is 5.97 Å². The first kappa shape index (κ1) is 17.7. The molecule has 3 N–H and O–H groups in total. The SMILES string of the molecule is O=C(CCc1ccccc1)Nc1scc(-c2cccc(O)c2)c1C(=O)O. The van der Waals surface area contributed by atoms with Crippen LogP contribution >= 0.6 is 11.3 Å². The van der Waals surface area contributed by atoms with E-state index in [2.05, 4.69) is 5.32 Å². The fraction of sp³-hybridized carbons (Fsp3) is 0.100. The molecule has 26 heavy (non-hydrogen) atoms. The maximum absolute atomic E-state index is 12.2. The fourth-order valence-corrected chi connectivity index (χ4v) is 3.62. The van der Waals surface area contributed by atoms with Crippen LogP contribution in [0, 0.1) is 0 Å². The van der Waals surface area contributed by atoms with Gasteiger partial charge >= 0.3 is 5.97 Å². The minimum atomic E-state index is -1.12. The van der Waals surface area contributed by atoms with Gasteiger partial charge in [-0.2, -0.15) is 0 Å². The van der Waals surface area contributed by atoms with Crippen LogP contribution < -0.4 is 5.32 Å². The molecule has 1 heterocycles. The zero-order chi connectivity index (χ0) is 18.5. The smallest absolute Gasteiger partial charge is 0.339 e. The van der Waals surface area contributed by atoms with Crippen molar-refractivity contribution < 1.29 is 19.8 Å². The van der Waals surface area contributed by atoms with E-state index in [0.29, 0.717) is 22.5 Å². The van der Waals surface area contributed by atoms with Crippen molar-refractivity contribution >= 4 is 28.2 Å². The van der Waals surface area contributed by atoms with E-state index in [1.54, 1.807) is 17.5 Å². The van der Waals surface area contributed by atoms with Crippen LogP contribution in [-0.2, 0) is 11.2 Å². The molecule has 0 atom stereocenters. The van der Waals surface area contributed by atoms with Crippen LogP contribution in [-0.4, -0.2) is 22.1 Å². The van der Waals surface area contributed by atoms with Gasteiger partial charge in [0.1, 0.15) is 16.3 Å². The Labute approximate surface area is 154 Å². The molecule has 132 valence electrons. The van der Waals surface area contributed by atoms with Gasteiger partial charge in [0, 0.05) is 17.4 Å². The van der Waals surface area contributed by atoms with Gasteiger partial charge in [-0.25, -0.2) is 4.79 Å². The molecule has 1 amide bonds. The van der Waals surface area contributed by atoms with E-state index in [-0.39, 0.29) is 23.6 Å². The number of carboxylic acids is 1. The summed E-state index contributed by atoms with van der Waals surface area (Å²) in [6.07, 6.45) is 0.850. The van der Waals surface area contributed by atoms with Crippen molar-refractivity contribution in [2.45, 2.75) is 12.8 Å². The van der Waals surface area contributed by atoms with Gasteiger partial charge in [0.05, 0.1) is 0 Å². The first-order valence-corrected chi connectivity index (χ1v) is 8.90. The number of rotatable bonds is 6. The van der Waals surface area contributed by atoms with E-state index >= 15 is 0 Å². The normalized spacial score (nSPS) is 10.5. The summed E-state index contributed by atoms with van der Waals surface area (Å²) < 4.78 is 0. The highest BCUT2D eigenvalue weighted by atomic mass is 32.1. The van der Waals surface area contributed by atoms with Crippen molar-refractivity contribution in [2.24, 2.45) is 0 Å². The lowest BCUT2D eigenvalue weighted by molar-refractivity contribution is -0.116. The number of aromatic hydroxyl groups is 1. The molecule has 2 aromatic carbocycles. The number of amides is 1. The number of phenolic OH excluding ortho intramolecular Hbond substituents is 1. The molecule has 0 unspecified atom stereocenters. The van der Waals surface area contributed by atoms with Crippen LogP contribution in [0.2, 0.25) is 0 Å². The minimum Gasteiger partial charge on any atom is -0.508 e. The predicted octanol–water partition coefficient (Wildman–Crippen LogP) is 4.39. The molecule has 5 nitrogen and oxygen atoms in total. The zero-order valence-electron chi connectivity index (χ0n) is 13.8. The number of carbonyl (C=O) groups excluding carboxylic acids is 1. The molecule has 0 spiro atoms. The standard InChI is InChI=1S/C20H17NO4S/c22-15-8-4-7-14(11-15)16-12-26-19(18(16)20(24)25)21-17(23)10-9-13-5-2-1-3-6-13/h1-8,11-12,22H,9-10H2,(H,21,23)(H,24,25). The molecule has 6 heteroatoms. The lowest BCUT2D eigenvalue weighted by Crippen LogP contribution is -2.14. The van der Waals surface area contributed by atoms with E-state index in [9.17, 15) is 19.8 Å². The summed E-state index contributed by atoms with van der Waals surface area (Å²) in [6.45, 7) is 0. The fourth-order valence-electron chi connectivity index (χ4n) is 2.64. The highest BCUT2D eigenvalue weighted by Crippen LogP contribution is 2.36. The number of carbonyl (C=O) groups is 2. The van der Waals surface area contributed by atoms with E-state index in [4.69, 9.17) is 0 Å². The van der Waals surface area contributed by atoms with Gasteiger partial charge in [0.25, 0.3) is 0 Å². The van der Waals surface area contributed by atoms with Gasteiger partial charge in [-0.15, -0.1) is 11.3 Å². The van der Waals surface area contributed by atoms with E-state index in [1.165, 1.54) is 12.1 Å². The summed E-state index contributed by atoms with van der Waals surface area (Å²) in [7, 11) is 0. The summed E-state index contributed by atoms with van der Waals surface area (Å²) in [5.74, 6) is -1.30. The zero-order valence-corrected chi connectivity index (χ0v) is 14.6. The third-order valence-corrected chi connectivity index (χ3v) is 4.79. The number of thiophene rings is 1. The number of phenols is 1. The second-order valence-corrected chi connectivity index (χ2v) is 6.62. The van der Waals surface area contributed by atoms with Crippen molar-refractivity contribution in [2.75, 3.05) is 5.32 Å². The van der Waals surface area contributed by atoms with Crippen LogP contribution in [0.4, 0.5) is 5.00 Å². The number of nitrogens with one attached hydrogen (secondary N) is 1. The third-order valence-electron chi connectivity index (χ3n) is 3.90. The lowest BCUT2D eigenvalue weighted by Gasteiger charge is -2.06. The molecule has 1 aromatic heterocycles. The van der Waals surface area contributed by atoms with Crippen LogP contribution in [0.15, 0.2) is 60.0 Å². The van der Waals surface area contributed by atoms with Crippen molar-refractivity contribution in [3.63, 3.8) is 0 Å². The molecule has 0 saturated carbocycles. The van der Waals surface area contributed by atoms with Crippen molar-refractivity contribution in [3.05, 3.63) is 71.1 Å². The van der Waals surface area contributed by atoms with Gasteiger partial charge in [0.2, 0.25) is 5.91 Å². The second kappa shape index (κ2) is 7.84. The lowest BCUT2D eigenvalue weighted by atomic mass is 10.0. The Balaban J connectivity index is 1.78. The Hall–Kier alpha value is -3.12. The Kier molecular flexibility index (Phi) is 5.34. The molecular weight excluding hydrogens is 350 g/mol. The average Bonchev–Trinajstić information content (AvgIpc) is 3.04. The number of benzene rings is 2. The first-order valence-electron chi connectivity index (χ1n) is 8.02. The Bertz CT molecular complexity index is 934. The van der Waals surface area contributed by atoms with E-state index in [0.717, 1.165) is 16.9 Å². The van der Waals surface area contributed by atoms with Crippen molar-refractivity contribution in [3.8, 4) is 16.9 Å². The predicted molar refractivity (Wildman–Crippen MR) is 102 cm³/mol. The van der Waals surface area contributed by atoms with E-state index in [1.807, 2.05) is 30.3 Å². The topological polar surface area (TPSA) is 86.6 Å². The van der Waals surface area contributed by atoms with Crippen LogP contribution in [0.3, 0.4) is 0 Å². The summed E-state index contributed by atoms with van der Waals surface area (Å²) in [4.78, 5) is 23.9. The summed E-state index contributed by atoms with van der Waals surface area (Å²) in [5.41, 5.74) is 2.14. The molecule has 0 radical (unpaired) electrons. The average molecular weight is 367 g/mol. The molecule has 0 aliphatic carbocycles. The monoisotopic (exact) mass is 367 g/mol. The minimum absolute atomic E-state index is 0.0358. The summed E-state index contributed by atoms with van der Waals surface area (Å²) in [6, 6.07) is 16.0. The number of hydrogen-bond donors (Lipinski definition) is 3. The van der Waals surface area contributed by atoms with Crippen molar-refractivity contribution in [1.82, 2.24) is 0 Å². The van der Waals surface area contributed by atoms with Crippen LogP contribution in [0.5, 0.6) is 5.75 Å². The Morgan fingerprint density at radius 2 is 1.81 bits per heavy atom. The van der Waals surface area contributed by atoms with Gasteiger partial charge in [-0.3, -0.25) is 4.79 Å². The summed E-state index contributed by atoms with van der Waals surface area (Å²) >= 11 is 1.16. The maximum atomic E-state index is 12.2. The van der Waals surface area contributed by atoms with Gasteiger partial charge in [-0.05, 0) is 29.7 Å². The van der Waals surface area contributed by atoms with Gasteiger partial charge < -0.3 is 15.5 Å². The quantitative estimate of drug-likeness (QED) is 0.603. The highest BCUT2D eigenvalue weighted by Gasteiger charge is 2.21.